The molecule has 26 heavy (non-hydrogen) atoms. The van der Waals surface area contributed by atoms with Crippen LogP contribution < -0.4 is 4.90 Å². The Hall–Kier alpha value is -2.51. The maximum absolute atomic E-state index is 13.2. The molecule has 7 heteroatoms. The minimum Gasteiger partial charge on any atom is -0.290 e. The molecule has 1 atom stereocenters. The molecule has 130 valence electrons. The fourth-order valence-electron chi connectivity index (χ4n) is 3.55. The fraction of sp³-hybridized carbons (Fsp3) is 0.105. The van der Waals surface area contributed by atoms with Crippen molar-refractivity contribution in [2.24, 2.45) is 0 Å². The minimum absolute atomic E-state index is 0.177. The van der Waals surface area contributed by atoms with Gasteiger partial charge in [0.25, 0.3) is 0 Å². The summed E-state index contributed by atoms with van der Waals surface area (Å²) in [5.74, 6) is 0.523. The van der Waals surface area contributed by atoms with Crippen LogP contribution in [0.5, 0.6) is 0 Å². The summed E-state index contributed by atoms with van der Waals surface area (Å²) in [7, 11) is -5.16. The van der Waals surface area contributed by atoms with Gasteiger partial charge in [-0.15, -0.1) is 0 Å². The lowest BCUT2D eigenvalue weighted by Crippen LogP contribution is -2.28. The highest BCUT2D eigenvalue weighted by atomic mass is 32.2. The van der Waals surface area contributed by atoms with Gasteiger partial charge in [-0.2, -0.15) is 0 Å². The van der Waals surface area contributed by atoms with E-state index in [9.17, 15) is 12.6 Å². The number of fused-ring (bicyclic) bond motifs is 4. The van der Waals surface area contributed by atoms with Crippen LogP contribution in [-0.2, 0) is 27.1 Å². The standard InChI is InChI=1S/C19H14N2O3S2/c1-2-12-8-9-16-13(11-12)21-18-14(5-3-7-17(18)26(16,23)24)25(22)15-6-4-10-20-19(15)21/h3-11H,2H2,1H3. The van der Waals surface area contributed by atoms with Gasteiger partial charge in [-0.25, -0.2) is 17.6 Å². The molecule has 1 aromatic heterocycles. The SMILES string of the molecule is CCc1ccc2c(c1)N1c3ncccc3S(=O)c3cccc(c31)S2(=O)=O. The van der Waals surface area contributed by atoms with E-state index in [1.54, 1.807) is 42.6 Å². The van der Waals surface area contributed by atoms with E-state index >= 15 is 0 Å². The van der Waals surface area contributed by atoms with E-state index in [0.29, 0.717) is 27.0 Å². The molecule has 0 fully saturated rings. The first-order chi connectivity index (χ1) is 12.5. The van der Waals surface area contributed by atoms with E-state index in [-0.39, 0.29) is 9.79 Å². The summed E-state index contributed by atoms with van der Waals surface area (Å²) in [6, 6.07) is 13.9. The minimum atomic E-state index is -3.69. The zero-order chi connectivity index (χ0) is 18.1. The lowest BCUT2D eigenvalue weighted by Gasteiger charge is -2.37. The average Bonchev–Trinajstić information content (AvgIpc) is 2.67. The van der Waals surface area contributed by atoms with Gasteiger partial charge in [0.15, 0.2) is 5.82 Å². The highest BCUT2D eigenvalue weighted by Crippen LogP contribution is 2.54. The van der Waals surface area contributed by atoms with Crippen LogP contribution >= 0.6 is 0 Å². The first kappa shape index (κ1) is 15.7. The predicted octanol–water partition coefficient (Wildman–Crippen LogP) is 3.74. The lowest BCUT2D eigenvalue weighted by atomic mass is 10.1. The van der Waals surface area contributed by atoms with E-state index in [2.05, 4.69) is 4.98 Å². The third kappa shape index (κ3) is 1.87. The molecule has 0 bridgehead atoms. The van der Waals surface area contributed by atoms with Crippen molar-refractivity contribution in [3.05, 3.63) is 60.3 Å². The number of aromatic nitrogens is 1. The van der Waals surface area contributed by atoms with Crippen LogP contribution in [0.4, 0.5) is 17.2 Å². The number of sulfone groups is 1. The van der Waals surface area contributed by atoms with Crippen molar-refractivity contribution in [2.45, 2.75) is 32.9 Å². The van der Waals surface area contributed by atoms with Crippen LogP contribution in [0, 0.1) is 0 Å². The molecule has 0 spiro atoms. The molecule has 0 aliphatic carbocycles. The Morgan fingerprint density at radius 1 is 1.04 bits per heavy atom. The lowest BCUT2D eigenvalue weighted by molar-refractivity contribution is 0.594. The summed E-state index contributed by atoms with van der Waals surface area (Å²) < 4.78 is 39.5. The van der Waals surface area contributed by atoms with Gasteiger partial charge in [-0.1, -0.05) is 19.1 Å². The van der Waals surface area contributed by atoms with Crippen molar-refractivity contribution in [3.63, 3.8) is 0 Å². The normalized spacial score (nSPS) is 18.7. The molecule has 2 aliphatic heterocycles. The summed E-state index contributed by atoms with van der Waals surface area (Å²) in [5, 5.41) is 0. The summed E-state index contributed by atoms with van der Waals surface area (Å²) in [6.45, 7) is 2.02. The number of anilines is 3. The first-order valence-corrected chi connectivity index (χ1v) is 10.9. The second kappa shape index (κ2) is 5.25. The Morgan fingerprint density at radius 3 is 2.65 bits per heavy atom. The quantitative estimate of drug-likeness (QED) is 0.442. The molecule has 1 unspecified atom stereocenters. The molecule has 0 amide bonds. The van der Waals surface area contributed by atoms with E-state index in [4.69, 9.17) is 0 Å². The van der Waals surface area contributed by atoms with Crippen LogP contribution in [-0.4, -0.2) is 17.6 Å². The topological polar surface area (TPSA) is 67.3 Å². The first-order valence-electron chi connectivity index (χ1n) is 8.22. The summed E-state index contributed by atoms with van der Waals surface area (Å²) in [4.78, 5) is 7.80. The molecule has 2 aromatic carbocycles. The summed E-state index contributed by atoms with van der Waals surface area (Å²) in [6.07, 6.45) is 2.42. The molecule has 3 heterocycles. The van der Waals surface area contributed by atoms with Gasteiger partial charge in [0.05, 0.1) is 41.8 Å². The number of aryl methyl sites for hydroxylation is 1. The van der Waals surface area contributed by atoms with Crippen molar-refractivity contribution >= 4 is 37.8 Å². The van der Waals surface area contributed by atoms with Crippen molar-refractivity contribution in [3.8, 4) is 0 Å². The van der Waals surface area contributed by atoms with Gasteiger partial charge in [-0.3, -0.25) is 4.90 Å². The number of pyridine rings is 1. The molecular formula is C19H14N2O3S2. The Morgan fingerprint density at radius 2 is 1.85 bits per heavy atom. The zero-order valence-electron chi connectivity index (χ0n) is 13.8. The summed E-state index contributed by atoms with van der Waals surface area (Å²) >= 11 is 0. The Kier molecular flexibility index (Phi) is 3.17. The van der Waals surface area contributed by atoms with E-state index in [1.807, 2.05) is 24.0 Å². The Bertz CT molecular complexity index is 1220. The molecule has 0 N–H and O–H groups in total. The molecule has 5 rings (SSSR count). The molecule has 0 saturated heterocycles. The summed E-state index contributed by atoms with van der Waals surface area (Å²) in [5.41, 5.74) is 2.06. The highest BCUT2D eigenvalue weighted by molar-refractivity contribution is 7.92. The number of hydrogen-bond donors (Lipinski definition) is 0. The van der Waals surface area contributed by atoms with Crippen molar-refractivity contribution < 1.29 is 12.6 Å². The van der Waals surface area contributed by atoms with E-state index < -0.39 is 20.6 Å². The van der Waals surface area contributed by atoms with Crippen molar-refractivity contribution in [2.75, 3.05) is 4.90 Å². The van der Waals surface area contributed by atoms with Crippen LogP contribution in [0.2, 0.25) is 0 Å². The molecule has 0 radical (unpaired) electrons. The average molecular weight is 382 g/mol. The molecular weight excluding hydrogens is 368 g/mol. The van der Waals surface area contributed by atoms with Gasteiger partial charge in [-0.05, 0) is 48.4 Å². The van der Waals surface area contributed by atoms with Gasteiger partial charge in [0, 0.05) is 6.20 Å². The largest absolute Gasteiger partial charge is 0.290 e. The maximum Gasteiger partial charge on any atom is 0.210 e. The van der Waals surface area contributed by atoms with Crippen LogP contribution in [0.25, 0.3) is 0 Å². The number of hydrogen-bond acceptors (Lipinski definition) is 5. The smallest absolute Gasteiger partial charge is 0.210 e. The second-order valence-corrected chi connectivity index (χ2v) is 9.49. The van der Waals surface area contributed by atoms with Gasteiger partial charge in [0.2, 0.25) is 9.84 Å². The third-order valence-electron chi connectivity index (χ3n) is 4.80. The molecule has 2 aliphatic rings. The van der Waals surface area contributed by atoms with Crippen molar-refractivity contribution in [1.82, 2.24) is 4.98 Å². The maximum atomic E-state index is 13.2. The third-order valence-corrected chi connectivity index (χ3v) is 8.08. The monoisotopic (exact) mass is 382 g/mol. The van der Waals surface area contributed by atoms with Crippen molar-refractivity contribution in [1.29, 1.82) is 0 Å². The molecule has 5 nitrogen and oxygen atoms in total. The van der Waals surface area contributed by atoms with E-state index in [1.165, 1.54) is 0 Å². The van der Waals surface area contributed by atoms with Crippen LogP contribution in [0.3, 0.4) is 0 Å². The Balaban J connectivity index is 1.97. The predicted molar refractivity (Wildman–Crippen MR) is 98.4 cm³/mol. The molecule has 3 aromatic rings. The number of rotatable bonds is 1. The van der Waals surface area contributed by atoms with Gasteiger partial charge in [0.1, 0.15) is 0 Å². The Labute approximate surface area is 153 Å². The van der Waals surface area contributed by atoms with Gasteiger partial charge < -0.3 is 0 Å². The fourth-order valence-corrected chi connectivity index (χ4v) is 6.56. The molecule has 0 saturated carbocycles. The highest BCUT2D eigenvalue weighted by Gasteiger charge is 2.41. The van der Waals surface area contributed by atoms with Crippen LogP contribution in [0.15, 0.2) is 74.3 Å². The second-order valence-electron chi connectivity index (χ2n) is 6.19. The number of nitrogens with zero attached hydrogens (tertiary/aromatic N) is 2. The number of benzene rings is 2. The number of para-hydroxylation sites is 1. The van der Waals surface area contributed by atoms with Crippen LogP contribution in [0.1, 0.15) is 12.5 Å². The van der Waals surface area contributed by atoms with E-state index in [0.717, 1.165) is 12.0 Å². The van der Waals surface area contributed by atoms with Gasteiger partial charge >= 0.3 is 0 Å². The zero-order valence-corrected chi connectivity index (χ0v) is 15.5.